The van der Waals surface area contributed by atoms with Gasteiger partial charge in [0.05, 0.1) is 11.0 Å². The number of sulfonamides is 1. The summed E-state index contributed by atoms with van der Waals surface area (Å²) >= 11 is 0. The van der Waals surface area contributed by atoms with Crippen LogP contribution in [-0.2, 0) is 10.0 Å². The van der Waals surface area contributed by atoms with E-state index in [9.17, 15) is 8.42 Å². The highest BCUT2D eigenvalue weighted by atomic mass is 32.2. The van der Waals surface area contributed by atoms with Crippen LogP contribution in [0.3, 0.4) is 0 Å². The van der Waals surface area contributed by atoms with Gasteiger partial charge in [0.1, 0.15) is 0 Å². The lowest BCUT2D eigenvalue weighted by molar-refractivity contribution is 0.182. The summed E-state index contributed by atoms with van der Waals surface area (Å²) in [5.41, 5.74) is 6.86. The van der Waals surface area contributed by atoms with E-state index in [4.69, 9.17) is 10.8 Å². The Hall–Kier alpha value is -1.11. The molecule has 1 aromatic carbocycles. The van der Waals surface area contributed by atoms with E-state index < -0.39 is 16.1 Å². The standard InChI is InChI=1S/C12H20N2O3S/c1-9-6-11(13)8-12(7-9)18(16,17)14-5-3-4-10(2)15/h6-8,10,14-15H,3-5,13H2,1-2H3. The molecule has 18 heavy (non-hydrogen) atoms. The molecule has 0 saturated heterocycles. The van der Waals surface area contributed by atoms with Gasteiger partial charge in [0, 0.05) is 12.2 Å². The monoisotopic (exact) mass is 272 g/mol. The van der Waals surface area contributed by atoms with Gasteiger partial charge in [-0.05, 0) is 50.5 Å². The maximum atomic E-state index is 12.0. The molecular formula is C12H20N2O3S. The summed E-state index contributed by atoms with van der Waals surface area (Å²) in [6, 6.07) is 4.73. The summed E-state index contributed by atoms with van der Waals surface area (Å²) in [5.74, 6) is 0. The average molecular weight is 272 g/mol. The molecule has 0 aliphatic carbocycles. The smallest absolute Gasteiger partial charge is 0.240 e. The minimum absolute atomic E-state index is 0.178. The van der Waals surface area contributed by atoms with Crippen molar-refractivity contribution in [2.45, 2.75) is 37.7 Å². The maximum Gasteiger partial charge on any atom is 0.240 e. The normalized spacial score (nSPS) is 13.5. The first-order valence-electron chi connectivity index (χ1n) is 5.86. The van der Waals surface area contributed by atoms with Crippen LogP contribution in [0, 0.1) is 6.92 Å². The molecule has 1 atom stereocenters. The topological polar surface area (TPSA) is 92.4 Å². The quantitative estimate of drug-likeness (QED) is 0.532. The number of aliphatic hydroxyl groups excluding tert-OH is 1. The molecule has 102 valence electrons. The van der Waals surface area contributed by atoms with Crippen molar-refractivity contribution in [3.63, 3.8) is 0 Å². The second kappa shape index (κ2) is 6.17. The number of benzene rings is 1. The summed E-state index contributed by atoms with van der Waals surface area (Å²) in [4.78, 5) is 0.178. The Morgan fingerprint density at radius 3 is 2.61 bits per heavy atom. The first-order valence-corrected chi connectivity index (χ1v) is 7.34. The van der Waals surface area contributed by atoms with Crippen molar-refractivity contribution in [2.75, 3.05) is 12.3 Å². The van der Waals surface area contributed by atoms with Crippen molar-refractivity contribution in [3.05, 3.63) is 23.8 Å². The van der Waals surface area contributed by atoms with Gasteiger partial charge in [-0.2, -0.15) is 0 Å². The fourth-order valence-electron chi connectivity index (χ4n) is 1.62. The Balaban J connectivity index is 2.68. The number of hydrogen-bond donors (Lipinski definition) is 3. The van der Waals surface area contributed by atoms with E-state index in [1.807, 2.05) is 0 Å². The number of aryl methyl sites for hydroxylation is 1. The molecule has 0 fully saturated rings. The predicted octanol–water partition coefficient (Wildman–Crippen LogP) is 1.02. The highest BCUT2D eigenvalue weighted by Gasteiger charge is 2.14. The maximum absolute atomic E-state index is 12.0. The fourth-order valence-corrected chi connectivity index (χ4v) is 2.83. The van der Waals surface area contributed by atoms with Crippen molar-refractivity contribution >= 4 is 15.7 Å². The molecular weight excluding hydrogens is 252 g/mol. The van der Waals surface area contributed by atoms with Crippen LogP contribution in [0.2, 0.25) is 0 Å². The van der Waals surface area contributed by atoms with Crippen molar-refractivity contribution in [1.82, 2.24) is 4.72 Å². The van der Waals surface area contributed by atoms with Gasteiger partial charge in [0.15, 0.2) is 0 Å². The summed E-state index contributed by atoms with van der Waals surface area (Å²) in [7, 11) is -3.51. The van der Waals surface area contributed by atoms with Gasteiger partial charge in [0.25, 0.3) is 0 Å². The van der Waals surface area contributed by atoms with Gasteiger partial charge in [-0.15, -0.1) is 0 Å². The Bertz CT molecular complexity index is 478. The van der Waals surface area contributed by atoms with E-state index >= 15 is 0 Å². The Morgan fingerprint density at radius 2 is 2.06 bits per heavy atom. The number of nitrogens with two attached hydrogens (primary N) is 1. The minimum Gasteiger partial charge on any atom is -0.399 e. The van der Waals surface area contributed by atoms with Gasteiger partial charge >= 0.3 is 0 Å². The van der Waals surface area contributed by atoms with Crippen LogP contribution in [0.15, 0.2) is 23.1 Å². The number of aliphatic hydroxyl groups is 1. The van der Waals surface area contributed by atoms with E-state index in [1.54, 1.807) is 26.0 Å². The van der Waals surface area contributed by atoms with Crippen LogP contribution in [0.4, 0.5) is 5.69 Å². The Labute approximate surface area is 108 Å². The summed E-state index contributed by atoms with van der Waals surface area (Å²) in [6.45, 7) is 3.78. The predicted molar refractivity (Wildman–Crippen MR) is 71.7 cm³/mol. The van der Waals surface area contributed by atoms with Crippen molar-refractivity contribution in [2.24, 2.45) is 0 Å². The fraction of sp³-hybridized carbons (Fsp3) is 0.500. The molecule has 0 radical (unpaired) electrons. The molecule has 5 nitrogen and oxygen atoms in total. The van der Waals surface area contributed by atoms with Crippen LogP contribution >= 0.6 is 0 Å². The highest BCUT2D eigenvalue weighted by Crippen LogP contribution is 2.16. The number of nitrogen functional groups attached to an aromatic ring is 1. The first-order chi connectivity index (χ1) is 8.31. The molecule has 0 aliphatic rings. The van der Waals surface area contributed by atoms with Crippen molar-refractivity contribution in [3.8, 4) is 0 Å². The number of hydrogen-bond acceptors (Lipinski definition) is 4. The van der Waals surface area contributed by atoms with Crippen LogP contribution in [0.25, 0.3) is 0 Å². The first kappa shape index (κ1) is 14.9. The van der Waals surface area contributed by atoms with Crippen LogP contribution < -0.4 is 10.5 Å². The third-order valence-electron chi connectivity index (χ3n) is 2.47. The SMILES string of the molecule is Cc1cc(N)cc(S(=O)(=O)NCCCC(C)O)c1. The molecule has 0 heterocycles. The summed E-state index contributed by atoms with van der Waals surface area (Å²) in [6.07, 6.45) is 0.751. The van der Waals surface area contributed by atoms with E-state index in [-0.39, 0.29) is 4.90 Å². The number of anilines is 1. The van der Waals surface area contributed by atoms with E-state index in [2.05, 4.69) is 4.72 Å². The molecule has 1 unspecified atom stereocenters. The molecule has 0 aliphatic heterocycles. The van der Waals surface area contributed by atoms with Gasteiger partial charge in [-0.3, -0.25) is 0 Å². The molecule has 0 saturated carbocycles. The zero-order chi connectivity index (χ0) is 13.8. The molecule has 0 aromatic heterocycles. The van der Waals surface area contributed by atoms with Crippen molar-refractivity contribution in [1.29, 1.82) is 0 Å². The molecule has 0 bridgehead atoms. The average Bonchev–Trinajstić information content (AvgIpc) is 2.23. The lowest BCUT2D eigenvalue weighted by Crippen LogP contribution is -2.25. The Kier molecular flexibility index (Phi) is 5.13. The lowest BCUT2D eigenvalue weighted by Gasteiger charge is -2.09. The molecule has 0 spiro atoms. The van der Waals surface area contributed by atoms with Gasteiger partial charge in [0.2, 0.25) is 10.0 Å². The second-order valence-electron chi connectivity index (χ2n) is 4.47. The third-order valence-corrected chi connectivity index (χ3v) is 3.91. The molecule has 1 rings (SSSR count). The van der Waals surface area contributed by atoms with Crippen LogP contribution in [-0.4, -0.2) is 26.2 Å². The largest absolute Gasteiger partial charge is 0.399 e. The van der Waals surface area contributed by atoms with E-state index in [0.717, 1.165) is 5.56 Å². The Morgan fingerprint density at radius 1 is 1.39 bits per heavy atom. The molecule has 1 aromatic rings. The van der Waals surface area contributed by atoms with Crippen LogP contribution in [0.1, 0.15) is 25.3 Å². The zero-order valence-corrected chi connectivity index (χ0v) is 11.5. The van der Waals surface area contributed by atoms with Gasteiger partial charge in [-0.25, -0.2) is 13.1 Å². The highest BCUT2D eigenvalue weighted by molar-refractivity contribution is 7.89. The molecule has 4 N–H and O–H groups in total. The van der Waals surface area contributed by atoms with Crippen LogP contribution in [0.5, 0.6) is 0 Å². The third kappa shape index (κ3) is 4.64. The number of rotatable bonds is 6. The minimum atomic E-state index is -3.51. The molecule has 0 amide bonds. The van der Waals surface area contributed by atoms with Crippen molar-refractivity contribution < 1.29 is 13.5 Å². The van der Waals surface area contributed by atoms with Gasteiger partial charge in [-0.1, -0.05) is 0 Å². The van der Waals surface area contributed by atoms with E-state index in [1.165, 1.54) is 6.07 Å². The summed E-state index contributed by atoms with van der Waals surface area (Å²) < 4.78 is 26.4. The number of nitrogens with one attached hydrogen (secondary N) is 1. The van der Waals surface area contributed by atoms with E-state index in [0.29, 0.717) is 25.1 Å². The lowest BCUT2D eigenvalue weighted by atomic mass is 10.2. The summed E-state index contributed by atoms with van der Waals surface area (Å²) in [5, 5.41) is 9.08. The molecule has 6 heteroatoms. The second-order valence-corrected chi connectivity index (χ2v) is 6.24. The zero-order valence-electron chi connectivity index (χ0n) is 10.7. The van der Waals surface area contributed by atoms with Gasteiger partial charge < -0.3 is 10.8 Å².